The standard InChI is InChI=1S/C12H13ClF3NO/c1-18-10-8(11(17)3-2-4-11)5-7(6-9(10)13)12(14,15)16/h5-6H,2-4,17H2,1H3. The topological polar surface area (TPSA) is 35.2 Å². The van der Waals surface area contributed by atoms with Crippen molar-refractivity contribution in [1.82, 2.24) is 0 Å². The normalized spacial score (nSPS) is 18.3. The second-order valence-corrected chi connectivity index (χ2v) is 4.95. The zero-order chi connectivity index (χ0) is 13.6. The quantitative estimate of drug-likeness (QED) is 0.896. The highest BCUT2D eigenvalue weighted by Crippen LogP contribution is 2.47. The molecule has 0 bridgehead atoms. The molecule has 1 aliphatic rings. The predicted molar refractivity (Wildman–Crippen MR) is 62.7 cm³/mol. The molecule has 2 rings (SSSR count). The molecule has 0 radical (unpaired) electrons. The van der Waals surface area contributed by atoms with Crippen molar-refractivity contribution in [1.29, 1.82) is 0 Å². The van der Waals surface area contributed by atoms with Crippen molar-refractivity contribution in [3.05, 3.63) is 28.3 Å². The molecule has 1 saturated carbocycles. The van der Waals surface area contributed by atoms with E-state index in [1.54, 1.807) is 0 Å². The molecule has 0 saturated heterocycles. The maximum Gasteiger partial charge on any atom is 0.416 e. The van der Waals surface area contributed by atoms with Crippen molar-refractivity contribution in [2.24, 2.45) is 5.73 Å². The average Bonchev–Trinajstić information content (AvgIpc) is 2.23. The van der Waals surface area contributed by atoms with Crippen LogP contribution in [0, 0.1) is 0 Å². The lowest BCUT2D eigenvalue weighted by atomic mass is 9.72. The third-order valence-corrected chi connectivity index (χ3v) is 3.64. The fourth-order valence-electron chi connectivity index (χ4n) is 2.16. The van der Waals surface area contributed by atoms with E-state index < -0.39 is 17.3 Å². The minimum Gasteiger partial charge on any atom is -0.495 e. The first kappa shape index (κ1) is 13.5. The lowest BCUT2D eigenvalue weighted by Gasteiger charge is -2.39. The number of alkyl halides is 3. The molecule has 1 fully saturated rings. The molecule has 0 aliphatic heterocycles. The van der Waals surface area contributed by atoms with Gasteiger partial charge in [0.25, 0.3) is 0 Å². The molecule has 18 heavy (non-hydrogen) atoms. The maximum atomic E-state index is 12.8. The summed E-state index contributed by atoms with van der Waals surface area (Å²) in [5, 5.41) is -0.0564. The van der Waals surface area contributed by atoms with Crippen LogP contribution in [-0.4, -0.2) is 7.11 Å². The summed E-state index contributed by atoms with van der Waals surface area (Å²) in [6.45, 7) is 0. The van der Waals surface area contributed by atoms with E-state index in [-0.39, 0.29) is 10.8 Å². The zero-order valence-corrected chi connectivity index (χ0v) is 10.5. The van der Waals surface area contributed by atoms with Gasteiger partial charge in [-0.25, -0.2) is 0 Å². The summed E-state index contributed by atoms with van der Waals surface area (Å²) in [6.07, 6.45) is -2.26. The first-order chi connectivity index (χ1) is 8.28. The second kappa shape index (κ2) is 4.31. The fraction of sp³-hybridized carbons (Fsp3) is 0.500. The van der Waals surface area contributed by atoms with Gasteiger partial charge in [-0.2, -0.15) is 13.2 Å². The number of ether oxygens (including phenoxy) is 1. The van der Waals surface area contributed by atoms with Crippen molar-refractivity contribution in [2.45, 2.75) is 31.0 Å². The molecule has 1 aromatic rings. The van der Waals surface area contributed by atoms with Crippen LogP contribution in [0.25, 0.3) is 0 Å². The SMILES string of the molecule is COc1c(Cl)cc(C(F)(F)F)cc1C1(N)CCC1. The van der Waals surface area contributed by atoms with Gasteiger partial charge in [0.15, 0.2) is 0 Å². The van der Waals surface area contributed by atoms with Crippen LogP contribution in [0.15, 0.2) is 12.1 Å². The highest BCUT2D eigenvalue weighted by molar-refractivity contribution is 6.32. The third-order valence-electron chi connectivity index (χ3n) is 3.36. The highest BCUT2D eigenvalue weighted by Gasteiger charge is 2.40. The third kappa shape index (κ3) is 2.17. The van der Waals surface area contributed by atoms with Crippen LogP contribution in [0.4, 0.5) is 13.2 Å². The predicted octanol–water partition coefficient (Wildman–Crippen LogP) is 3.71. The van der Waals surface area contributed by atoms with Gasteiger partial charge < -0.3 is 10.5 Å². The number of rotatable bonds is 2. The van der Waals surface area contributed by atoms with Crippen LogP contribution >= 0.6 is 11.6 Å². The Morgan fingerprint density at radius 2 is 1.94 bits per heavy atom. The number of hydrogen-bond acceptors (Lipinski definition) is 2. The summed E-state index contributed by atoms with van der Waals surface area (Å²) in [6, 6.07) is 1.91. The van der Waals surface area contributed by atoms with Gasteiger partial charge in [-0.05, 0) is 31.4 Å². The van der Waals surface area contributed by atoms with Gasteiger partial charge in [-0.3, -0.25) is 0 Å². The Labute approximate surface area is 108 Å². The van der Waals surface area contributed by atoms with Crippen LogP contribution in [0.1, 0.15) is 30.4 Å². The second-order valence-electron chi connectivity index (χ2n) is 4.55. The maximum absolute atomic E-state index is 12.8. The van der Waals surface area contributed by atoms with E-state index in [4.69, 9.17) is 22.1 Å². The molecule has 100 valence electrons. The van der Waals surface area contributed by atoms with Crippen LogP contribution in [-0.2, 0) is 11.7 Å². The van der Waals surface area contributed by atoms with Crippen LogP contribution < -0.4 is 10.5 Å². The first-order valence-electron chi connectivity index (χ1n) is 5.52. The Hall–Kier alpha value is -0.940. The molecule has 0 atom stereocenters. The van der Waals surface area contributed by atoms with E-state index in [1.807, 2.05) is 0 Å². The largest absolute Gasteiger partial charge is 0.495 e. The first-order valence-corrected chi connectivity index (χ1v) is 5.90. The summed E-state index contributed by atoms with van der Waals surface area (Å²) in [5.41, 5.74) is 4.87. The zero-order valence-electron chi connectivity index (χ0n) is 9.77. The summed E-state index contributed by atoms with van der Waals surface area (Å²) >= 11 is 5.85. The van der Waals surface area contributed by atoms with Gasteiger partial charge in [-0.15, -0.1) is 0 Å². The molecule has 1 aliphatic carbocycles. The van der Waals surface area contributed by atoms with E-state index in [0.717, 1.165) is 18.6 Å². The van der Waals surface area contributed by atoms with E-state index in [0.29, 0.717) is 18.4 Å². The van der Waals surface area contributed by atoms with E-state index in [1.165, 1.54) is 7.11 Å². The molecule has 1 aromatic carbocycles. The lowest BCUT2D eigenvalue weighted by molar-refractivity contribution is -0.137. The molecular weight excluding hydrogens is 267 g/mol. The number of halogens is 4. The molecule has 0 amide bonds. The highest BCUT2D eigenvalue weighted by atomic mass is 35.5. The van der Waals surface area contributed by atoms with Crippen molar-refractivity contribution in [2.75, 3.05) is 7.11 Å². The molecule has 0 heterocycles. The Morgan fingerprint density at radius 3 is 2.33 bits per heavy atom. The van der Waals surface area contributed by atoms with E-state index >= 15 is 0 Å². The van der Waals surface area contributed by atoms with Crippen LogP contribution in [0.5, 0.6) is 5.75 Å². The van der Waals surface area contributed by atoms with Gasteiger partial charge in [-0.1, -0.05) is 11.6 Å². The monoisotopic (exact) mass is 279 g/mol. The minimum absolute atomic E-state index is 0.0564. The summed E-state index contributed by atoms with van der Waals surface area (Å²) in [5.74, 6) is 0.242. The molecule has 0 aromatic heterocycles. The molecular formula is C12H13ClF3NO. The summed E-state index contributed by atoms with van der Waals surface area (Å²) in [7, 11) is 1.38. The molecule has 0 unspecified atom stereocenters. The Bertz CT molecular complexity index is 469. The van der Waals surface area contributed by atoms with Gasteiger partial charge >= 0.3 is 6.18 Å². The van der Waals surface area contributed by atoms with Gasteiger partial charge in [0.2, 0.25) is 0 Å². The van der Waals surface area contributed by atoms with Crippen molar-refractivity contribution in [3.8, 4) is 5.75 Å². The van der Waals surface area contributed by atoms with Crippen molar-refractivity contribution >= 4 is 11.6 Å². The number of methoxy groups -OCH3 is 1. The molecule has 2 N–H and O–H groups in total. The number of benzene rings is 1. The van der Waals surface area contributed by atoms with Gasteiger partial charge in [0.05, 0.1) is 17.7 Å². The lowest BCUT2D eigenvalue weighted by Crippen LogP contribution is -2.43. The molecule has 0 spiro atoms. The van der Waals surface area contributed by atoms with Gasteiger partial charge in [0, 0.05) is 11.1 Å². The number of hydrogen-bond donors (Lipinski definition) is 1. The summed E-state index contributed by atoms with van der Waals surface area (Å²) < 4.78 is 43.3. The molecule has 6 heteroatoms. The average molecular weight is 280 g/mol. The van der Waals surface area contributed by atoms with Crippen molar-refractivity contribution in [3.63, 3.8) is 0 Å². The smallest absolute Gasteiger partial charge is 0.416 e. The fourth-order valence-corrected chi connectivity index (χ4v) is 2.46. The van der Waals surface area contributed by atoms with Gasteiger partial charge in [0.1, 0.15) is 5.75 Å². The van der Waals surface area contributed by atoms with E-state index in [9.17, 15) is 13.2 Å². The summed E-state index contributed by atoms with van der Waals surface area (Å²) in [4.78, 5) is 0. The van der Waals surface area contributed by atoms with Crippen LogP contribution in [0.2, 0.25) is 5.02 Å². The van der Waals surface area contributed by atoms with Crippen LogP contribution in [0.3, 0.4) is 0 Å². The molecule has 2 nitrogen and oxygen atoms in total. The Kier molecular flexibility index (Phi) is 3.23. The Morgan fingerprint density at radius 1 is 1.33 bits per heavy atom. The van der Waals surface area contributed by atoms with E-state index in [2.05, 4.69) is 0 Å². The Balaban J connectivity index is 2.58. The minimum atomic E-state index is -4.44. The number of nitrogens with two attached hydrogens (primary N) is 1. The van der Waals surface area contributed by atoms with Crippen molar-refractivity contribution < 1.29 is 17.9 Å².